The number of anilines is 2. The van der Waals surface area contributed by atoms with E-state index in [9.17, 15) is 14.4 Å². The van der Waals surface area contributed by atoms with Crippen molar-refractivity contribution in [3.8, 4) is 11.5 Å². The van der Waals surface area contributed by atoms with Crippen molar-refractivity contribution in [1.29, 1.82) is 0 Å². The highest BCUT2D eigenvalue weighted by atomic mass is 16.5. The predicted octanol–water partition coefficient (Wildman–Crippen LogP) is 7.00. The first-order valence-corrected chi connectivity index (χ1v) is 15.1. The molecule has 234 valence electrons. The first-order valence-electron chi connectivity index (χ1n) is 15.1. The summed E-state index contributed by atoms with van der Waals surface area (Å²) in [7, 11) is 0. The molecule has 0 saturated carbocycles. The summed E-state index contributed by atoms with van der Waals surface area (Å²) in [6, 6.07) is 18.4. The highest BCUT2D eigenvalue weighted by Crippen LogP contribution is 2.19. The van der Waals surface area contributed by atoms with Crippen LogP contribution in [0.4, 0.5) is 11.4 Å². The summed E-state index contributed by atoms with van der Waals surface area (Å²) in [5, 5.41) is 0. The maximum absolute atomic E-state index is 12.3. The van der Waals surface area contributed by atoms with Gasteiger partial charge in [0, 0.05) is 17.5 Å². The van der Waals surface area contributed by atoms with Gasteiger partial charge in [0.15, 0.2) is 0 Å². The van der Waals surface area contributed by atoms with Crippen LogP contribution in [0.2, 0.25) is 0 Å². The Morgan fingerprint density at radius 3 is 1.77 bits per heavy atom. The number of benzene rings is 3. The van der Waals surface area contributed by atoms with E-state index in [1.807, 2.05) is 0 Å². The molecule has 3 aromatic carbocycles. The van der Waals surface area contributed by atoms with E-state index in [1.165, 1.54) is 6.08 Å². The van der Waals surface area contributed by atoms with Crippen molar-refractivity contribution in [1.82, 2.24) is 0 Å². The third-order valence-corrected chi connectivity index (χ3v) is 6.59. The van der Waals surface area contributed by atoms with Crippen LogP contribution in [-0.4, -0.2) is 37.7 Å². The molecule has 0 atom stereocenters. The quantitative estimate of drug-likeness (QED) is 0.0517. The highest BCUT2D eigenvalue weighted by molar-refractivity contribution is 5.92. The van der Waals surface area contributed by atoms with E-state index in [4.69, 9.17) is 30.4 Å². The topological polar surface area (TPSA) is 140 Å². The second kappa shape index (κ2) is 18.7. The Bertz CT molecular complexity index is 1350. The molecule has 0 saturated heterocycles. The maximum Gasteiger partial charge on any atom is 0.338 e. The third kappa shape index (κ3) is 12.6. The monoisotopic (exact) mass is 602 g/mol. The average molecular weight is 603 g/mol. The Kier molecular flexibility index (Phi) is 14.3. The van der Waals surface area contributed by atoms with Crippen molar-refractivity contribution in [2.24, 2.45) is 0 Å². The van der Waals surface area contributed by atoms with Crippen LogP contribution in [0.3, 0.4) is 0 Å². The molecule has 0 aliphatic rings. The molecular weight excluding hydrogens is 560 g/mol. The average Bonchev–Trinajstić information content (AvgIpc) is 3.01. The molecule has 3 rings (SSSR count). The maximum atomic E-state index is 12.3. The zero-order chi connectivity index (χ0) is 31.6. The number of esters is 3. The van der Waals surface area contributed by atoms with Crippen LogP contribution in [0.15, 0.2) is 72.8 Å². The van der Waals surface area contributed by atoms with Gasteiger partial charge in [-0.05, 0) is 85.5 Å². The van der Waals surface area contributed by atoms with E-state index in [1.54, 1.807) is 72.8 Å². The largest absolute Gasteiger partial charge is 0.494 e. The molecule has 0 bridgehead atoms. The number of hydrogen-bond acceptors (Lipinski definition) is 9. The fourth-order valence-corrected chi connectivity index (χ4v) is 4.19. The molecule has 0 heterocycles. The Balaban J connectivity index is 1.24. The molecule has 4 N–H and O–H groups in total. The molecule has 0 unspecified atom stereocenters. The molecule has 9 heteroatoms. The second-order valence-electron chi connectivity index (χ2n) is 10.3. The zero-order valence-corrected chi connectivity index (χ0v) is 25.3. The summed E-state index contributed by atoms with van der Waals surface area (Å²) < 4.78 is 21.6. The summed E-state index contributed by atoms with van der Waals surface area (Å²) in [6.07, 6.45) is 10.4. The SMILES string of the molecule is CCCCOc1ccc(OC(=O)C=Cc2ccc(C(=O)OCCCCCCCCOC(=O)c3cc(N)cc(N)c3)cc2)cc1. The standard InChI is InChI=1S/C35H42N2O7/c1-2-3-20-41-31-15-17-32(18-16-31)44-33(38)19-12-26-10-13-27(14-11-26)34(39)42-21-8-6-4-5-7-9-22-43-35(40)28-23-29(36)25-30(37)24-28/h10-19,23-25H,2-9,20-22,36-37H2,1H3. The van der Waals surface area contributed by atoms with Crippen LogP contribution in [0.25, 0.3) is 6.08 Å². The van der Waals surface area contributed by atoms with Crippen molar-refractivity contribution < 1.29 is 33.3 Å². The smallest absolute Gasteiger partial charge is 0.338 e. The Labute approximate surface area is 259 Å². The third-order valence-electron chi connectivity index (χ3n) is 6.59. The Morgan fingerprint density at radius 1 is 0.636 bits per heavy atom. The highest BCUT2D eigenvalue weighted by Gasteiger charge is 2.09. The van der Waals surface area contributed by atoms with Gasteiger partial charge in [0.05, 0.1) is 30.9 Å². The Hall–Kier alpha value is -4.79. The van der Waals surface area contributed by atoms with E-state index in [0.717, 1.165) is 62.7 Å². The van der Waals surface area contributed by atoms with Gasteiger partial charge in [-0.2, -0.15) is 0 Å². The van der Waals surface area contributed by atoms with Crippen LogP contribution >= 0.6 is 0 Å². The molecular formula is C35H42N2O7. The van der Waals surface area contributed by atoms with Gasteiger partial charge in [-0.3, -0.25) is 0 Å². The lowest BCUT2D eigenvalue weighted by Crippen LogP contribution is -2.08. The summed E-state index contributed by atoms with van der Waals surface area (Å²) in [5.41, 5.74) is 13.8. The van der Waals surface area contributed by atoms with Crippen LogP contribution in [0, 0.1) is 0 Å². The lowest BCUT2D eigenvalue weighted by Gasteiger charge is -2.07. The van der Waals surface area contributed by atoms with Gasteiger partial charge in [-0.25, -0.2) is 14.4 Å². The zero-order valence-electron chi connectivity index (χ0n) is 25.3. The minimum Gasteiger partial charge on any atom is -0.494 e. The number of rotatable bonds is 18. The van der Waals surface area contributed by atoms with Crippen molar-refractivity contribution in [2.75, 3.05) is 31.3 Å². The van der Waals surface area contributed by atoms with Crippen molar-refractivity contribution in [2.45, 2.75) is 58.3 Å². The molecule has 0 aliphatic heterocycles. The number of carbonyl (C=O) groups is 3. The minimum absolute atomic E-state index is 0.341. The molecule has 0 aliphatic carbocycles. The van der Waals surface area contributed by atoms with E-state index in [2.05, 4.69) is 6.92 Å². The van der Waals surface area contributed by atoms with Crippen LogP contribution in [0.5, 0.6) is 11.5 Å². The molecule has 0 amide bonds. The van der Waals surface area contributed by atoms with Crippen LogP contribution in [0.1, 0.15) is 84.6 Å². The van der Waals surface area contributed by atoms with Crippen LogP contribution in [-0.2, 0) is 14.3 Å². The van der Waals surface area contributed by atoms with Crippen molar-refractivity contribution in [3.63, 3.8) is 0 Å². The number of hydrogen-bond donors (Lipinski definition) is 2. The number of nitrogen functional groups attached to an aromatic ring is 2. The number of nitrogens with two attached hydrogens (primary N) is 2. The van der Waals surface area contributed by atoms with E-state index >= 15 is 0 Å². The molecule has 44 heavy (non-hydrogen) atoms. The van der Waals surface area contributed by atoms with E-state index in [0.29, 0.717) is 48.1 Å². The summed E-state index contributed by atoms with van der Waals surface area (Å²) >= 11 is 0. The Morgan fingerprint density at radius 2 is 1.18 bits per heavy atom. The number of carbonyl (C=O) groups excluding carboxylic acids is 3. The van der Waals surface area contributed by atoms with E-state index in [-0.39, 0.29) is 5.97 Å². The normalized spacial score (nSPS) is 10.8. The fraction of sp³-hybridized carbons (Fsp3) is 0.343. The molecule has 0 radical (unpaired) electrons. The van der Waals surface area contributed by atoms with Crippen LogP contribution < -0.4 is 20.9 Å². The van der Waals surface area contributed by atoms with Crippen molar-refractivity contribution in [3.05, 3.63) is 89.5 Å². The fourth-order valence-electron chi connectivity index (χ4n) is 4.19. The van der Waals surface area contributed by atoms with E-state index < -0.39 is 11.9 Å². The summed E-state index contributed by atoms with van der Waals surface area (Å²) in [4.78, 5) is 36.6. The predicted molar refractivity (Wildman–Crippen MR) is 171 cm³/mol. The second-order valence-corrected chi connectivity index (χ2v) is 10.3. The molecule has 3 aromatic rings. The van der Waals surface area contributed by atoms with Gasteiger partial charge >= 0.3 is 17.9 Å². The molecule has 0 spiro atoms. The lowest BCUT2D eigenvalue weighted by atomic mass is 10.1. The van der Waals surface area contributed by atoms with Gasteiger partial charge < -0.3 is 30.4 Å². The molecule has 0 aromatic heterocycles. The number of ether oxygens (including phenoxy) is 4. The summed E-state index contributed by atoms with van der Waals surface area (Å²) in [5.74, 6) is -0.147. The first-order chi connectivity index (χ1) is 21.3. The van der Waals surface area contributed by atoms with Gasteiger partial charge in [0.2, 0.25) is 0 Å². The van der Waals surface area contributed by atoms with Gasteiger partial charge in [-0.15, -0.1) is 0 Å². The first kappa shape index (κ1) is 33.7. The van der Waals surface area contributed by atoms with Crippen molar-refractivity contribution >= 4 is 35.4 Å². The van der Waals surface area contributed by atoms with Gasteiger partial charge in [0.1, 0.15) is 11.5 Å². The molecule has 0 fully saturated rings. The van der Waals surface area contributed by atoms with Gasteiger partial charge in [-0.1, -0.05) is 51.2 Å². The van der Waals surface area contributed by atoms with Gasteiger partial charge in [0.25, 0.3) is 0 Å². The number of unbranched alkanes of at least 4 members (excludes halogenated alkanes) is 6. The molecule has 9 nitrogen and oxygen atoms in total. The lowest BCUT2D eigenvalue weighted by molar-refractivity contribution is -0.128. The summed E-state index contributed by atoms with van der Waals surface area (Å²) in [6.45, 7) is 3.45. The minimum atomic E-state index is -0.503.